The van der Waals surface area contributed by atoms with Crippen LogP contribution in [-0.2, 0) is 4.79 Å². The van der Waals surface area contributed by atoms with Crippen molar-refractivity contribution >= 4 is 12.1 Å². The molecule has 0 spiro atoms. The number of dihydropyridines is 1. The highest BCUT2D eigenvalue weighted by atomic mass is 16.3. The van der Waals surface area contributed by atoms with Crippen molar-refractivity contribution in [1.82, 2.24) is 0 Å². The van der Waals surface area contributed by atoms with Crippen LogP contribution in [0.25, 0.3) is 0 Å². The first kappa shape index (κ1) is 5.03. The van der Waals surface area contributed by atoms with Crippen molar-refractivity contribution in [3.8, 4) is 0 Å². The van der Waals surface area contributed by atoms with Gasteiger partial charge in [0.05, 0.1) is 6.42 Å². The Labute approximate surface area is 46.4 Å². The van der Waals surface area contributed by atoms with E-state index in [0.717, 1.165) is 0 Å². The molecule has 0 atom stereocenters. The fourth-order valence-electron chi connectivity index (χ4n) is 0.466. The summed E-state index contributed by atoms with van der Waals surface area (Å²) in [6, 6.07) is 0. The Morgan fingerprint density at radius 3 is 2.88 bits per heavy atom. The molecule has 0 aromatic heterocycles. The van der Waals surface area contributed by atoms with Crippen LogP contribution in [0.4, 0.5) is 0 Å². The van der Waals surface area contributed by atoms with Gasteiger partial charge in [-0.15, -0.1) is 0 Å². The minimum atomic E-state index is -0.287. The predicted octanol–water partition coefficient (Wildman–Crippen LogP) is 0.429. The number of aliphatic imine (C=N–C) groups is 1. The second-order valence-corrected chi connectivity index (χ2v) is 1.51. The van der Waals surface area contributed by atoms with Gasteiger partial charge in [-0.25, -0.2) is 4.99 Å². The van der Waals surface area contributed by atoms with E-state index >= 15 is 0 Å². The Balaban J connectivity index is 2.73. The van der Waals surface area contributed by atoms with E-state index in [1.165, 1.54) is 12.3 Å². The van der Waals surface area contributed by atoms with Crippen LogP contribution in [0.5, 0.6) is 0 Å². The summed E-state index contributed by atoms with van der Waals surface area (Å²) >= 11 is 0. The zero-order valence-corrected chi connectivity index (χ0v) is 4.16. The summed E-state index contributed by atoms with van der Waals surface area (Å²) in [5.74, 6) is -0.199. The average Bonchev–Trinajstić information content (AvgIpc) is 1.64. The second-order valence-electron chi connectivity index (χ2n) is 1.51. The molecule has 42 valence electrons. The Kier molecular flexibility index (Phi) is 1.12. The van der Waals surface area contributed by atoms with Crippen LogP contribution in [0.1, 0.15) is 6.42 Å². The molecule has 0 fully saturated rings. The van der Waals surface area contributed by atoms with Gasteiger partial charge in [-0.3, -0.25) is 4.79 Å². The minimum absolute atomic E-state index is 0.0521. The van der Waals surface area contributed by atoms with Gasteiger partial charge in [0.25, 0.3) is 5.91 Å². The highest BCUT2D eigenvalue weighted by molar-refractivity contribution is 5.93. The summed E-state index contributed by atoms with van der Waals surface area (Å²) in [6.07, 6.45) is 2.75. The highest BCUT2D eigenvalue weighted by Crippen LogP contribution is 2.00. The van der Waals surface area contributed by atoms with Crippen LogP contribution >= 0.6 is 0 Å². The normalized spacial score (nSPS) is 18.5. The second kappa shape index (κ2) is 1.78. The summed E-state index contributed by atoms with van der Waals surface area (Å²) < 4.78 is 0. The monoisotopic (exact) mass is 111 g/mol. The van der Waals surface area contributed by atoms with Gasteiger partial charge in [-0.05, 0) is 6.08 Å². The van der Waals surface area contributed by atoms with E-state index in [-0.39, 0.29) is 18.1 Å². The number of allylic oxidation sites excluding steroid dienone is 1. The van der Waals surface area contributed by atoms with Crippen molar-refractivity contribution in [2.75, 3.05) is 0 Å². The predicted molar refractivity (Wildman–Crippen MR) is 28.8 cm³/mol. The summed E-state index contributed by atoms with van der Waals surface area (Å²) in [6.45, 7) is 0. The lowest BCUT2D eigenvalue weighted by Crippen LogP contribution is -2.00. The third-order valence-electron chi connectivity index (χ3n) is 0.818. The molecule has 3 nitrogen and oxygen atoms in total. The number of aliphatic hydroxyl groups is 1. The maximum Gasteiger partial charge on any atom is 0.253 e. The van der Waals surface area contributed by atoms with Crippen molar-refractivity contribution < 1.29 is 9.90 Å². The molecule has 1 rings (SSSR count). The topological polar surface area (TPSA) is 49.7 Å². The molecule has 1 N–H and O–H groups in total. The summed E-state index contributed by atoms with van der Waals surface area (Å²) in [7, 11) is 0. The van der Waals surface area contributed by atoms with Crippen molar-refractivity contribution in [3.05, 3.63) is 11.8 Å². The van der Waals surface area contributed by atoms with E-state index < -0.39 is 0 Å². The molecule has 1 amide bonds. The lowest BCUT2D eigenvalue weighted by atomic mass is 10.3. The quantitative estimate of drug-likeness (QED) is 0.492. The molecule has 0 aliphatic carbocycles. The Morgan fingerprint density at radius 2 is 2.50 bits per heavy atom. The fraction of sp³-hybridized carbons (Fsp3) is 0.200. The van der Waals surface area contributed by atoms with Crippen LogP contribution < -0.4 is 0 Å². The maximum absolute atomic E-state index is 10.3. The van der Waals surface area contributed by atoms with Gasteiger partial charge in [0.1, 0.15) is 5.76 Å². The zero-order chi connectivity index (χ0) is 5.98. The molecule has 0 aromatic rings. The SMILES string of the molecule is O=C1CC(O)=CC=N1. The standard InChI is InChI=1S/C5H5NO2/c7-4-1-2-6-5(8)3-4/h1-2,7H,3H2. The molecule has 1 heterocycles. The number of amides is 1. The van der Waals surface area contributed by atoms with Gasteiger partial charge in [0.2, 0.25) is 0 Å². The van der Waals surface area contributed by atoms with Crippen molar-refractivity contribution in [1.29, 1.82) is 0 Å². The zero-order valence-electron chi connectivity index (χ0n) is 4.16. The van der Waals surface area contributed by atoms with Gasteiger partial charge in [-0.2, -0.15) is 0 Å². The number of hydrogen-bond donors (Lipinski definition) is 1. The van der Waals surface area contributed by atoms with Crippen LogP contribution in [-0.4, -0.2) is 17.2 Å². The molecule has 0 aromatic carbocycles. The Hall–Kier alpha value is -1.12. The molecule has 3 heteroatoms. The lowest BCUT2D eigenvalue weighted by molar-refractivity contribution is -0.117. The first-order valence-electron chi connectivity index (χ1n) is 2.24. The summed E-state index contributed by atoms with van der Waals surface area (Å²) in [5.41, 5.74) is 0. The van der Waals surface area contributed by atoms with Crippen molar-refractivity contribution in [2.45, 2.75) is 6.42 Å². The van der Waals surface area contributed by atoms with E-state index in [1.54, 1.807) is 0 Å². The third-order valence-corrected chi connectivity index (χ3v) is 0.818. The molecule has 0 unspecified atom stereocenters. The van der Waals surface area contributed by atoms with Gasteiger partial charge in [-0.1, -0.05) is 0 Å². The number of aliphatic hydroxyl groups excluding tert-OH is 1. The smallest absolute Gasteiger partial charge is 0.253 e. The maximum atomic E-state index is 10.3. The van der Waals surface area contributed by atoms with Crippen molar-refractivity contribution in [2.24, 2.45) is 4.99 Å². The molecule has 0 saturated carbocycles. The van der Waals surface area contributed by atoms with Gasteiger partial charge in [0.15, 0.2) is 0 Å². The van der Waals surface area contributed by atoms with E-state index in [4.69, 9.17) is 5.11 Å². The largest absolute Gasteiger partial charge is 0.512 e. The molecule has 0 saturated heterocycles. The van der Waals surface area contributed by atoms with E-state index in [0.29, 0.717) is 0 Å². The Bertz CT molecular complexity index is 169. The van der Waals surface area contributed by atoms with Gasteiger partial charge >= 0.3 is 0 Å². The molecular weight excluding hydrogens is 106 g/mol. The van der Waals surface area contributed by atoms with Crippen LogP contribution in [0.3, 0.4) is 0 Å². The highest BCUT2D eigenvalue weighted by Gasteiger charge is 2.04. The Morgan fingerprint density at radius 1 is 1.75 bits per heavy atom. The van der Waals surface area contributed by atoms with Crippen LogP contribution in [0.2, 0.25) is 0 Å². The van der Waals surface area contributed by atoms with E-state index in [9.17, 15) is 4.79 Å². The van der Waals surface area contributed by atoms with E-state index in [2.05, 4.69) is 4.99 Å². The first-order chi connectivity index (χ1) is 3.79. The van der Waals surface area contributed by atoms with Gasteiger partial charge < -0.3 is 5.11 Å². The van der Waals surface area contributed by atoms with Crippen LogP contribution in [0, 0.1) is 0 Å². The van der Waals surface area contributed by atoms with Crippen LogP contribution in [0.15, 0.2) is 16.8 Å². The first-order valence-corrected chi connectivity index (χ1v) is 2.24. The van der Waals surface area contributed by atoms with Crippen molar-refractivity contribution in [3.63, 3.8) is 0 Å². The minimum Gasteiger partial charge on any atom is -0.512 e. The average molecular weight is 111 g/mol. The summed E-state index contributed by atoms with van der Waals surface area (Å²) in [4.78, 5) is 13.7. The molecule has 1 aliphatic heterocycles. The number of carbonyl (C=O) groups is 1. The fourth-order valence-corrected chi connectivity index (χ4v) is 0.466. The third kappa shape index (κ3) is 0.932. The molecular formula is C5H5NO2. The molecule has 0 radical (unpaired) electrons. The molecule has 0 bridgehead atoms. The van der Waals surface area contributed by atoms with E-state index in [1.807, 2.05) is 0 Å². The lowest BCUT2D eigenvalue weighted by Gasteiger charge is -1.96. The number of rotatable bonds is 0. The number of carbonyl (C=O) groups excluding carboxylic acids is 1. The summed E-state index contributed by atoms with van der Waals surface area (Å²) in [5, 5.41) is 8.63. The molecule has 1 aliphatic rings. The van der Waals surface area contributed by atoms with Gasteiger partial charge in [0, 0.05) is 6.21 Å². The molecule has 8 heavy (non-hydrogen) atoms. The number of hydrogen-bond acceptors (Lipinski definition) is 2. The number of nitrogens with zero attached hydrogens (tertiary/aromatic N) is 1.